The molecule has 2 rings (SSSR count). The summed E-state index contributed by atoms with van der Waals surface area (Å²) in [6.07, 6.45) is 10.9. The van der Waals surface area contributed by atoms with Crippen LogP contribution in [0.4, 0.5) is 0 Å². The van der Waals surface area contributed by atoms with Crippen molar-refractivity contribution in [3.05, 3.63) is 42.0 Å². The van der Waals surface area contributed by atoms with Crippen molar-refractivity contribution in [1.82, 2.24) is 5.32 Å². The molecule has 0 amide bonds. The van der Waals surface area contributed by atoms with Crippen LogP contribution in [0.1, 0.15) is 65.4 Å². The lowest BCUT2D eigenvalue weighted by Crippen LogP contribution is -2.37. The molecule has 1 N–H and O–H groups in total. The fourth-order valence-electron chi connectivity index (χ4n) is 4.08. The number of hydrogen-bond acceptors (Lipinski definition) is 2. The van der Waals surface area contributed by atoms with Crippen LogP contribution in [0, 0.1) is 17.8 Å². The minimum Gasteiger partial charge on any atom is -0.376 e. The molecule has 0 unspecified atom stereocenters. The van der Waals surface area contributed by atoms with Gasteiger partial charge in [-0.25, -0.2) is 0 Å². The Kier molecular flexibility index (Phi) is 8.87. The van der Waals surface area contributed by atoms with Gasteiger partial charge in [0.25, 0.3) is 0 Å². The summed E-state index contributed by atoms with van der Waals surface area (Å²) in [6.45, 7) is 12.2. The van der Waals surface area contributed by atoms with Crippen LogP contribution in [0.2, 0.25) is 0 Å². The molecule has 1 aromatic carbocycles. The van der Waals surface area contributed by atoms with E-state index < -0.39 is 0 Å². The van der Waals surface area contributed by atoms with Crippen molar-refractivity contribution in [3.8, 4) is 0 Å². The van der Waals surface area contributed by atoms with E-state index in [1.165, 1.54) is 37.7 Å². The van der Waals surface area contributed by atoms with E-state index in [0.717, 1.165) is 37.5 Å². The Bertz CT molecular complexity index is 520. The van der Waals surface area contributed by atoms with Crippen molar-refractivity contribution in [2.75, 3.05) is 19.7 Å². The third kappa shape index (κ3) is 8.05. The average molecular weight is 358 g/mol. The summed E-state index contributed by atoms with van der Waals surface area (Å²) in [4.78, 5) is 0. The molecule has 26 heavy (non-hydrogen) atoms. The molecular formula is C24H39NO. The second-order valence-electron chi connectivity index (χ2n) is 8.90. The smallest absolute Gasteiger partial charge is 0.0629 e. The van der Waals surface area contributed by atoms with Gasteiger partial charge in [0.05, 0.1) is 5.60 Å². The van der Waals surface area contributed by atoms with Crippen LogP contribution in [-0.4, -0.2) is 25.3 Å². The number of rotatable bonds is 10. The maximum Gasteiger partial charge on any atom is 0.0629 e. The van der Waals surface area contributed by atoms with Gasteiger partial charge in [0.15, 0.2) is 0 Å². The first-order chi connectivity index (χ1) is 12.5. The highest BCUT2D eigenvalue weighted by atomic mass is 16.5. The Morgan fingerprint density at radius 1 is 1.15 bits per heavy atom. The summed E-state index contributed by atoms with van der Waals surface area (Å²) in [6, 6.07) is 10.5. The van der Waals surface area contributed by atoms with Crippen LogP contribution >= 0.6 is 0 Å². The molecule has 0 aromatic heterocycles. The first-order valence-corrected chi connectivity index (χ1v) is 10.5. The van der Waals surface area contributed by atoms with Crippen molar-refractivity contribution in [2.45, 2.75) is 65.4 Å². The van der Waals surface area contributed by atoms with E-state index in [1.54, 1.807) is 0 Å². The number of ether oxygens (including phenoxy) is 1. The summed E-state index contributed by atoms with van der Waals surface area (Å²) in [5.74, 6) is 2.44. The maximum absolute atomic E-state index is 5.95. The highest BCUT2D eigenvalue weighted by Gasteiger charge is 2.33. The predicted octanol–water partition coefficient (Wildman–Crippen LogP) is 5.94. The Labute approximate surface area is 161 Å². The summed E-state index contributed by atoms with van der Waals surface area (Å²) in [7, 11) is 0. The molecule has 0 radical (unpaired) electrons. The number of nitrogens with one attached hydrogen (secondary N) is 1. The minimum absolute atomic E-state index is 0.0604. The van der Waals surface area contributed by atoms with Gasteiger partial charge in [-0.3, -0.25) is 0 Å². The third-order valence-electron chi connectivity index (χ3n) is 5.58. The average Bonchev–Trinajstić information content (AvgIpc) is 2.60. The molecule has 1 saturated heterocycles. The van der Waals surface area contributed by atoms with Gasteiger partial charge in [-0.2, -0.15) is 0 Å². The Hall–Kier alpha value is -1.12. The first kappa shape index (κ1) is 21.2. The molecule has 2 heteroatoms. The quantitative estimate of drug-likeness (QED) is 0.523. The van der Waals surface area contributed by atoms with Crippen molar-refractivity contribution in [3.63, 3.8) is 0 Å². The first-order valence-electron chi connectivity index (χ1n) is 10.5. The minimum atomic E-state index is 0.0604. The van der Waals surface area contributed by atoms with Crippen molar-refractivity contribution >= 4 is 6.08 Å². The summed E-state index contributed by atoms with van der Waals surface area (Å²) in [5.41, 5.74) is 1.33. The fourth-order valence-corrected chi connectivity index (χ4v) is 4.08. The molecule has 0 bridgehead atoms. The van der Waals surface area contributed by atoms with E-state index in [0.29, 0.717) is 0 Å². The lowest BCUT2D eigenvalue weighted by Gasteiger charge is -2.39. The van der Waals surface area contributed by atoms with Crippen molar-refractivity contribution in [1.29, 1.82) is 0 Å². The maximum atomic E-state index is 5.95. The van der Waals surface area contributed by atoms with E-state index >= 15 is 0 Å². The van der Waals surface area contributed by atoms with Gasteiger partial charge < -0.3 is 10.1 Å². The van der Waals surface area contributed by atoms with E-state index in [9.17, 15) is 0 Å². The number of benzene rings is 1. The normalized spacial score (nSPS) is 21.3. The number of hydrogen-bond donors (Lipinski definition) is 1. The van der Waals surface area contributed by atoms with Gasteiger partial charge in [-0.05, 0) is 69.4 Å². The monoisotopic (exact) mass is 357 g/mol. The highest BCUT2D eigenvalue weighted by Crippen LogP contribution is 2.37. The Morgan fingerprint density at radius 3 is 2.62 bits per heavy atom. The molecule has 146 valence electrons. The second kappa shape index (κ2) is 10.9. The summed E-state index contributed by atoms with van der Waals surface area (Å²) < 4.78 is 5.95. The van der Waals surface area contributed by atoms with Crippen LogP contribution in [0.25, 0.3) is 6.08 Å². The topological polar surface area (TPSA) is 21.3 Å². The zero-order chi connectivity index (χ0) is 18.8. The van der Waals surface area contributed by atoms with Crippen LogP contribution in [-0.2, 0) is 4.74 Å². The van der Waals surface area contributed by atoms with Crippen LogP contribution in [0.3, 0.4) is 0 Å². The van der Waals surface area contributed by atoms with Crippen molar-refractivity contribution < 1.29 is 4.74 Å². The highest BCUT2D eigenvalue weighted by molar-refractivity contribution is 5.48. The molecule has 0 saturated carbocycles. The zero-order valence-corrected chi connectivity index (χ0v) is 17.3. The van der Waals surface area contributed by atoms with Gasteiger partial charge in [0.2, 0.25) is 0 Å². The van der Waals surface area contributed by atoms with Gasteiger partial charge in [0, 0.05) is 13.2 Å². The lowest BCUT2D eigenvalue weighted by atomic mass is 9.75. The summed E-state index contributed by atoms with van der Waals surface area (Å²) >= 11 is 0. The largest absolute Gasteiger partial charge is 0.376 e. The van der Waals surface area contributed by atoms with E-state index in [-0.39, 0.29) is 5.60 Å². The molecule has 0 aliphatic carbocycles. The third-order valence-corrected chi connectivity index (χ3v) is 5.58. The molecule has 1 aliphatic rings. The van der Waals surface area contributed by atoms with E-state index in [1.807, 2.05) is 0 Å². The van der Waals surface area contributed by atoms with Crippen LogP contribution < -0.4 is 5.32 Å². The van der Waals surface area contributed by atoms with Crippen LogP contribution in [0.15, 0.2) is 36.4 Å². The molecule has 1 aromatic rings. The van der Waals surface area contributed by atoms with Crippen molar-refractivity contribution in [2.24, 2.45) is 17.8 Å². The molecule has 2 nitrogen and oxygen atoms in total. The standard InChI is InChI=1S/C24H39NO/c1-20(2)12-13-22(23-15-18-26-24(3,4)19-23)14-17-25-16-8-11-21-9-6-5-7-10-21/h5-11,20,22-23,25H,12-19H2,1-4H3/t22-,23+/m0/s1. The SMILES string of the molecule is CC(C)CC[C@@H](CCNCC=Cc1ccccc1)[C@@H]1CCOC(C)(C)C1. The molecule has 1 fully saturated rings. The molecule has 2 atom stereocenters. The predicted molar refractivity (Wildman–Crippen MR) is 113 cm³/mol. The summed E-state index contributed by atoms with van der Waals surface area (Å²) in [5, 5.41) is 3.62. The van der Waals surface area contributed by atoms with Gasteiger partial charge >= 0.3 is 0 Å². The van der Waals surface area contributed by atoms with Gasteiger partial charge in [-0.1, -0.05) is 62.8 Å². The van der Waals surface area contributed by atoms with Crippen LogP contribution in [0.5, 0.6) is 0 Å². The van der Waals surface area contributed by atoms with Gasteiger partial charge in [0.1, 0.15) is 0 Å². The Morgan fingerprint density at radius 2 is 1.92 bits per heavy atom. The lowest BCUT2D eigenvalue weighted by molar-refractivity contribution is -0.0839. The van der Waals surface area contributed by atoms with Gasteiger partial charge in [-0.15, -0.1) is 0 Å². The fraction of sp³-hybridized carbons (Fsp3) is 0.667. The van der Waals surface area contributed by atoms with E-state index in [4.69, 9.17) is 4.74 Å². The molecule has 1 heterocycles. The molecule has 1 aliphatic heterocycles. The second-order valence-corrected chi connectivity index (χ2v) is 8.90. The zero-order valence-electron chi connectivity index (χ0n) is 17.3. The molecule has 0 spiro atoms. The molecular weight excluding hydrogens is 318 g/mol. The Balaban J connectivity index is 1.76. The van der Waals surface area contributed by atoms with E-state index in [2.05, 4.69) is 75.5 Å².